The van der Waals surface area contributed by atoms with Crippen molar-refractivity contribution in [3.05, 3.63) is 59.0 Å². The standard InChI is InChI=1S/C22H24FN3O3/c1-13(2)19(12-27)24-22(28)15-9-11-18-20(21(15)29-3)17(25-26-18)10-8-14-6-4-5-7-16(14)23/h4-11,13,19,27H,12H2,1-3H3,(H,24,28)(H,25,26)/t19-/m1/s1. The molecule has 0 aliphatic heterocycles. The van der Waals surface area contributed by atoms with Crippen molar-refractivity contribution in [2.45, 2.75) is 19.9 Å². The number of carbonyl (C=O) groups is 1. The van der Waals surface area contributed by atoms with E-state index in [2.05, 4.69) is 15.5 Å². The van der Waals surface area contributed by atoms with Crippen LogP contribution in [-0.2, 0) is 0 Å². The molecule has 3 rings (SSSR count). The third-order valence-electron chi connectivity index (χ3n) is 4.80. The van der Waals surface area contributed by atoms with E-state index >= 15 is 0 Å². The maximum atomic E-state index is 13.9. The maximum absolute atomic E-state index is 13.9. The molecule has 7 heteroatoms. The van der Waals surface area contributed by atoms with Crippen LogP contribution in [0.5, 0.6) is 5.75 Å². The van der Waals surface area contributed by atoms with Crippen LogP contribution in [0.3, 0.4) is 0 Å². The van der Waals surface area contributed by atoms with Crippen molar-refractivity contribution in [1.82, 2.24) is 15.5 Å². The van der Waals surface area contributed by atoms with E-state index in [9.17, 15) is 14.3 Å². The Bertz CT molecular complexity index is 1040. The van der Waals surface area contributed by atoms with Gasteiger partial charge in [0.1, 0.15) is 11.6 Å². The normalized spacial score (nSPS) is 12.6. The number of hydrogen-bond donors (Lipinski definition) is 3. The first-order valence-electron chi connectivity index (χ1n) is 9.35. The Hall–Kier alpha value is -3.19. The first-order chi connectivity index (χ1) is 14.0. The second kappa shape index (κ2) is 8.87. The highest BCUT2D eigenvalue weighted by molar-refractivity contribution is 6.05. The Balaban J connectivity index is 2.01. The quantitative estimate of drug-likeness (QED) is 0.568. The lowest BCUT2D eigenvalue weighted by atomic mass is 10.0. The number of H-pyrrole nitrogens is 1. The van der Waals surface area contributed by atoms with Crippen molar-refractivity contribution < 1.29 is 19.0 Å². The number of nitrogens with one attached hydrogen (secondary N) is 2. The predicted molar refractivity (Wildman–Crippen MR) is 111 cm³/mol. The molecule has 3 aromatic rings. The Morgan fingerprint density at radius 1 is 1.28 bits per heavy atom. The van der Waals surface area contributed by atoms with Crippen LogP contribution in [-0.4, -0.2) is 41.0 Å². The summed E-state index contributed by atoms with van der Waals surface area (Å²) in [5, 5.41) is 20.1. The lowest BCUT2D eigenvalue weighted by Gasteiger charge is -2.20. The molecule has 0 spiro atoms. The monoisotopic (exact) mass is 397 g/mol. The minimum absolute atomic E-state index is 0.0758. The Kier molecular flexibility index (Phi) is 6.29. The van der Waals surface area contributed by atoms with E-state index in [0.717, 1.165) is 0 Å². The summed E-state index contributed by atoms with van der Waals surface area (Å²) in [5.74, 6) is -0.237. The van der Waals surface area contributed by atoms with Gasteiger partial charge in [0.25, 0.3) is 5.91 Å². The number of carbonyl (C=O) groups excluding carboxylic acids is 1. The smallest absolute Gasteiger partial charge is 0.255 e. The summed E-state index contributed by atoms with van der Waals surface area (Å²) in [5.41, 5.74) is 1.98. The van der Waals surface area contributed by atoms with Crippen molar-refractivity contribution >= 4 is 29.0 Å². The summed E-state index contributed by atoms with van der Waals surface area (Å²) in [4.78, 5) is 12.8. The number of aromatic amines is 1. The number of methoxy groups -OCH3 is 1. The molecule has 1 atom stereocenters. The van der Waals surface area contributed by atoms with Gasteiger partial charge >= 0.3 is 0 Å². The lowest BCUT2D eigenvalue weighted by molar-refractivity contribution is 0.0894. The van der Waals surface area contributed by atoms with Gasteiger partial charge < -0.3 is 15.2 Å². The van der Waals surface area contributed by atoms with E-state index in [4.69, 9.17) is 4.74 Å². The molecule has 29 heavy (non-hydrogen) atoms. The van der Waals surface area contributed by atoms with Gasteiger partial charge in [-0.05, 0) is 36.3 Å². The zero-order valence-electron chi connectivity index (χ0n) is 16.6. The van der Waals surface area contributed by atoms with Gasteiger partial charge in [-0.25, -0.2) is 4.39 Å². The molecule has 1 heterocycles. The molecule has 1 amide bonds. The van der Waals surface area contributed by atoms with Crippen LogP contribution >= 0.6 is 0 Å². The number of amides is 1. The summed E-state index contributed by atoms with van der Waals surface area (Å²) < 4.78 is 19.4. The van der Waals surface area contributed by atoms with Gasteiger partial charge in [-0.15, -0.1) is 0 Å². The third-order valence-corrected chi connectivity index (χ3v) is 4.80. The molecule has 152 valence electrons. The lowest BCUT2D eigenvalue weighted by Crippen LogP contribution is -2.41. The van der Waals surface area contributed by atoms with Gasteiger partial charge in [0.15, 0.2) is 0 Å². The predicted octanol–water partition coefficient (Wildman–Crippen LogP) is 3.63. The molecule has 0 unspecified atom stereocenters. The summed E-state index contributed by atoms with van der Waals surface area (Å²) in [6.07, 6.45) is 3.33. The zero-order valence-corrected chi connectivity index (χ0v) is 16.6. The molecular weight excluding hydrogens is 373 g/mol. The molecule has 0 radical (unpaired) electrons. The number of rotatable bonds is 7. The van der Waals surface area contributed by atoms with Gasteiger partial charge in [-0.1, -0.05) is 32.0 Å². The first kappa shape index (κ1) is 20.5. The first-order valence-corrected chi connectivity index (χ1v) is 9.35. The summed E-state index contributed by atoms with van der Waals surface area (Å²) >= 11 is 0. The number of aliphatic hydroxyl groups excluding tert-OH is 1. The zero-order chi connectivity index (χ0) is 21.0. The van der Waals surface area contributed by atoms with Crippen LogP contribution in [0.1, 0.15) is 35.5 Å². The molecule has 6 nitrogen and oxygen atoms in total. The van der Waals surface area contributed by atoms with Gasteiger partial charge in [0.05, 0.1) is 41.9 Å². The van der Waals surface area contributed by atoms with Gasteiger partial charge in [0, 0.05) is 5.56 Å². The SMILES string of the molecule is COc1c(C(=O)N[C@H](CO)C(C)C)ccc2n[nH]c(C=Cc3ccccc3F)c12. The van der Waals surface area contributed by atoms with Crippen molar-refractivity contribution in [1.29, 1.82) is 0 Å². The molecule has 0 fully saturated rings. The van der Waals surface area contributed by atoms with E-state index in [1.807, 2.05) is 13.8 Å². The molecule has 3 N–H and O–H groups in total. The molecular formula is C22H24FN3O3. The van der Waals surface area contributed by atoms with Crippen molar-refractivity contribution in [3.8, 4) is 5.75 Å². The van der Waals surface area contributed by atoms with Crippen LogP contribution in [0, 0.1) is 11.7 Å². The van der Waals surface area contributed by atoms with Crippen molar-refractivity contribution in [2.75, 3.05) is 13.7 Å². The fraction of sp³-hybridized carbons (Fsp3) is 0.273. The number of ether oxygens (including phenoxy) is 1. The van der Waals surface area contributed by atoms with Crippen LogP contribution in [0.25, 0.3) is 23.1 Å². The second-order valence-corrected chi connectivity index (χ2v) is 7.04. The largest absolute Gasteiger partial charge is 0.495 e. The highest BCUT2D eigenvalue weighted by Crippen LogP contribution is 2.32. The summed E-state index contributed by atoms with van der Waals surface area (Å²) in [6, 6.07) is 9.42. The number of halogens is 1. The number of benzene rings is 2. The van der Waals surface area contributed by atoms with Gasteiger partial charge in [-0.2, -0.15) is 5.10 Å². The summed E-state index contributed by atoms with van der Waals surface area (Å²) in [7, 11) is 1.48. The molecule has 0 saturated heterocycles. The van der Waals surface area contributed by atoms with Crippen molar-refractivity contribution in [3.63, 3.8) is 0 Å². The van der Waals surface area contributed by atoms with E-state index in [1.54, 1.807) is 42.5 Å². The average molecular weight is 397 g/mol. The second-order valence-electron chi connectivity index (χ2n) is 7.04. The number of aromatic nitrogens is 2. The number of aliphatic hydroxyl groups is 1. The molecule has 2 aromatic carbocycles. The maximum Gasteiger partial charge on any atom is 0.255 e. The van der Waals surface area contributed by atoms with E-state index < -0.39 is 0 Å². The third kappa shape index (κ3) is 4.30. The minimum atomic E-state index is -0.368. The van der Waals surface area contributed by atoms with Crippen LogP contribution in [0.15, 0.2) is 36.4 Å². The van der Waals surface area contributed by atoms with E-state index in [-0.39, 0.29) is 30.3 Å². The van der Waals surface area contributed by atoms with Gasteiger partial charge in [0.2, 0.25) is 0 Å². The van der Waals surface area contributed by atoms with Crippen LogP contribution in [0.4, 0.5) is 4.39 Å². The fourth-order valence-electron chi connectivity index (χ4n) is 3.07. The van der Waals surface area contributed by atoms with Crippen molar-refractivity contribution in [2.24, 2.45) is 5.92 Å². The molecule has 0 saturated carbocycles. The summed E-state index contributed by atoms with van der Waals surface area (Å²) in [6.45, 7) is 3.68. The highest BCUT2D eigenvalue weighted by Gasteiger charge is 2.22. The van der Waals surface area contributed by atoms with E-state index in [1.165, 1.54) is 13.2 Å². The number of hydrogen-bond acceptors (Lipinski definition) is 4. The van der Waals surface area contributed by atoms with Gasteiger partial charge in [-0.3, -0.25) is 9.89 Å². The fourth-order valence-corrected chi connectivity index (χ4v) is 3.07. The number of nitrogens with zero attached hydrogens (tertiary/aromatic N) is 1. The molecule has 1 aromatic heterocycles. The Labute approximate surface area is 168 Å². The Morgan fingerprint density at radius 3 is 2.69 bits per heavy atom. The van der Waals surface area contributed by atoms with E-state index in [0.29, 0.717) is 33.5 Å². The topological polar surface area (TPSA) is 87.2 Å². The Morgan fingerprint density at radius 2 is 2.03 bits per heavy atom. The van der Waals surface area contributed by atoms with Crippen LogP contribution in [0.2, 0.25) is 0 Å². The minimum Gasteiger partial charge on any atom is -0.495 e. The highest BCUT2D eigenvalue weighted by atomic mass is 19.1. The molecule has 0 bridgehead atoms. The molecule has 0 aliphatic rings. The van der Waals surface area contributed by atoms with Crippen LogP contribution < -0.4 is 10.1 Å². The average Bonchev–Trinajstić information content (AvgIpc) is 3.13. The number of fused-ring (bicyclic) bond motifs is 1. The molecule has 0 aliphatic carbocycles.